The summed E-state index contributed by atoms with van der Waals surface area (Å²) in [5.41, 5.74) is 4.04. The Labute approximate surface area is 132 Å². The molecule has 0 unspecified atom stereocenters. The standard InChI is InChI=1S/C17H15ClN2O2/c18-14-5-6-16-15(9-14)20(17(21)22-16)11-19-8-7-12-3-1-2-4-13(12)10-19/h1-6,9H,7-8,10-11H2. The summed E-state index contributed by atoms with van der Waals surface area (Å²) in [5.74, 6) is -0.337. The summed E-state index contributed by atoms with van der Waals surface area (Å²) in [6.45, 7) is 2.28. The molecule has 4 nitrogen and oxygen atoms in total. The van der Waals surface area contributed by atoms with Gasteiger partial charge < -0.3 is 4.42 Å². The second-order valence-corrected chi connectivity index (χ2v) is 6.06. The molecule has 112 valence electrons. The van der Waals surface area contributed by atoms with Gasteiger partial charge in [0, 0.05) is 18.1 Å². The van der Waals surface area contributed by atoms with Crippen LogP contribution < -0.4 is 5.76 Å². The lowest BCUT2D eigenvalue weighted by atomic mass is 10.0. The topological polar surface area (TPSA) is 38.4 Å². The molecule has 0 spiro atoms. The highest BCUT2D eigenvalue weighted by Gasteiger charge is 2.18. The van der Waals surface area contributed by atoms with Crippen molar-refractivity contribution < 1.29 is 4.42 Å². The average molecular weight is 315 g/mol. The molecule has 4 rings (SSSR count). The highest BCUT2D eigenvalue weighted by molar-refractivity contribution is 6.31. The molecule has 0 saturated carbocycles. The van der Waals surface area contributed by atoms with Crippen LogP contribution in [-0.2, 0) is 19.6 Å². The molecule has 1 aliphatic rings. The van der Waals surface area contributed by atoms with Crippen molar-refractivity contribution in [1.82, 2.24) is 9.47 Å². The summed E-state index contributed by atoms with van der Waals surface area (Å²) < 4.78 is 6.94. The van der Waals surface area contributed by atoms with Crippen molar-refractivity contribution in [1.29, 1.82) is 0 Å². The molecule has 3 aromatic rings. The highest BCUT2D eigenvalue weighted by Crippen LogP contribution is 2.21. The van der Waals surface area contributed by atoms with Crippen molar-refractivity contribution in [3.05, 3.63) is 69.2 Å². The molecule has 0 aliphatic carbocycles. The quantitative estimate of drug-likeness (QED) is 0.728. The molecule has 0 saturated heterocycles. The fraction of sp³-hybridized carbons (Fsp3) is 0.235. The van der Waals surface area contributed by atoms with E-state index in [2.05, 4.69) is 29.2 Å². The molecule has 0 fully saturated rings. The second kappa shape index (κ2) is 5.30. The Balaban J connectivity index is 1.66. The summed E-state index contributed by atoms with van der Waals surface area (Å²) in [7, 11) is 0. The maximum Gasteiger partial charge on any atom is 0.421 e. The Bertz CT molecular complexity index is 897. The van der Waals surface area contributed by atoms with Gasteiger partial charge in [-0.2, -0.15) is 0 Å². The Morgan fingerprint density at radius 2 is 1.95 bits per heavy atom. The van der Waals surface area contributed by atoms with Crippen molar-refractivity contribution >= 4 is 22.7 Å². The number of benzene rings is 2. The third kappa shape index (κ3) is 2.34. The van der Waals surface area contributed by atoms with Crippen LogP contribution in [-0.4, -0.2) is 16.0 Å². The molecule has 0 atom stereocenters. The first-order valence-electron chi connectivity index (χ1n) is 7.29. The number of rotatable bonds is 2. The van der Waals surface area contributed by atoms with Gasteiger partial charge in [-0.05, 0) is 35.7 Å². The van der Waals surface area contributed by atoms with Crippen LogP contribution in [0.25, 0.3) is 11.1 Å². The van der Waals surface area contributed by atoms with E-state index in [0.29, 0.717) is 17.3 Å². The molecule has 0 radical (unpaired) electrons. The van der Waals surface area contributed by atoms with Crippen LogP contribution in [0.4, 0.5) is 0 Å². The van der Waals surface area contributed by atoms with Crippen molar-refractivity contribution in [2.45, 2.75) is 19.6 Å². The molecule has 5 heteroatoms. The SMILES string of the molecule is O=c1oc2ccc(Cl)cc2n1CN1CCc2ccccc2C1. The zero-order chi connectivity index (χ0) is 15.1. The van der Waals surface area contributed by atoms with Gasteiger partial charge >= 0.3 is 5.76 Å². The van der Waals surface area contributed by atoms with Crippen LogP contribution in [0.15, 0.2) is 51.7 Å². The summed E-state index contributed by atoms with van der Waals surface area (Å²) in [6, 6.07) is 13.7. The third-order valence-electron chi connectivity index (χ3n) is 4.18. The van der Waals surface area contributed by atoms with Gasteiger partial charge in [0.25, 0.3) is 0 Å². The van der Waals surface area contributed by atoms with Gasteiger partial charge in [-0.25, -0.2) is 4.79 Å². The maximum absolute atomic E-state index is 12.1. The largest absolute Gasteiger partial charge is 0.421 e. The lowest BCUT2D eigenvalue weighted by molar-refractivity contribution is 0.196. The summed E-state index contributed by atoms with van der Waals surface area (Å²) in [6.07, 6.45) is 1.00. The van der Waals surface area contributed by atoms with Crippen molar-refractivity contribution in [2.24, 2.45) is 0 Å². The van der Waals surface area contributed by atoms with Gasteiger partial charge in [0.15, 0.2) is 5.58 Å². The fourth-order valence-electron chi connectivity index (χ4n) is 3.04. The summed E-state index contributed by atoms with van der Waals surface area (Å²) in [4.78, 5) is 14.3. The van der Waals surface area contributed by atoms with E-state index >= 15 is 0 Å². The van der Waals surface area contributed by atoms with Gasteiger partial charge in [0.05, 0.1) is 12.2 Å². The number of halogens is 1. The first-order valence-corrected chi connectivity index (χ1v) is 7.66. The fourth-order valence-corrected chi connectivity index (χ4v) is 3.21. The smallest absolute Gasteiger partial charge is 0.408 e. The van der Waals surface area contributed by atoms with Crippen LogP contribution in [0, 0.1) is 0 Å². The Hall–Kier alpha value is -2.04. The number of hydrogen-bond acceptors (Lipinski definition) is 3. The zero-order valence-corrected chi connectivity index (χ0v) is 12.7. The molecule has 1 aromatic heterocycles. The number of aromatic nitrogens is 1. The van der Waals surface area contributed by atoms with Gasteiger partial charge in [0.1, 0.15) is 0 Å². The zero-order valence-electron chi connectivity index (χ0n) is 12.0. The molecule has 22 heavy (non-hydrogen) atoms. The molecule has 1 aliphatic heterocycles. The second-order valence-electron chi connectivity index (χ2n) is 5.62. The molecule has 2 aromatic carbocycles. The van der Waals surface area contributed by atoms with E-state index in [1.54, 1.807) is 22.8 Å². The molecular weight excluding hydrogens is 300 g/mol. The minimum atomic E-state index is -0.337. The van der Waals surface area contributed by atoms with E-state index in [1.165, 1.54) is 11.1 Å². The predicted octanol–water partition coefficient (Wildman–Crippen LogP) is 3.26. The van der Waals surface area contributed by atoms with Crippen molar-refractivity contribution in [2.75, 3.05) is 6.54 Å². The third-order valence-corrected chi connectivity index (χ3v) is 4.42. The monoisotopic (exact) mass is 314 g/mol. The Morgan fingerprint density at radius 3 is 2.82 bits per heavy atom. The van der Waals surface area contributed by atoms with Gasteiger partial charge in [-0.1, -0.05) is 35.9 Å². The molecule has 0 bridgehead atoms. The van der Waals surface area contributed by atoms with Gasteiger partial charge in [-0.3, -0.25) is 9.47 Å². The van der Waals surface area contributed by atoms with Gasteiger partial charge in [0.2, 0.25) is 0 Å². The van der Waals surface area contributed by atoms with E-state index in [-0.39, 0.29) is 5.76 Å². The van der Waals surface area contributed by atoms with E-state index < -0.39 is 0 Å². The van der Waals surface area contributed by atoms with Crippen LogP contribution in [0.5, 0.6) is 0 Å². The first kappa shape index (κ1) is 13.6. The Morgan fingerprint density at radius 1 is 1.14 bits per heavy atom. The van der Waals surface area contributed by atoms with E-state index in [4.69, 9.17) is 16.0 Å². The van der Waals surface area contributed by atoms with Gasteiger partial charge in [-0.15, -0.1) is 0 Å². The summed E-state index contributed by atoms with van der Waals surface area (Å²) in [5, 5.41) is 0.603. The van der Waals surface area contributed by atoms with Crippen LogP contribution in [0.3, 0.4) is 0 Å². The predicted molar refractivity (Wildman–Crippen MR) is 86.0 cm³/mol. The summed E-state index contributed by atoms with van der Waals surface area (Å²) >= 11 is 6.04. The molecule has 0 N–H and O–H groups in total. The van der Waals surface area contributed by atoms with Crippen molar-refractivity contribution in [3.63, 3.8) is 0 Å². The lowest BCUT2D eigenvalue weighted by Gasteiger charge is -2.28. The first-order chi connectivity index (χ1) is 10.7. The van der Waals surface area contributed by atoms with Crippen molar-refractivity contribution in [3.8, 4) is 0 Å². The molecular formula is C17H15ClN2O2. The lowest BCUT2D eigenvalue weighted by Crippen LogP contribution is -2.34. The number of nitrogens with zero attached hydrogens (tertiary/aromatic N) is 2. The van der Waals surface area contributed by atoms with E-state index in [0.717, 1.165) is 25.0 Å². The minimum Gasteiger partial charge on any atom is -0.408 e. The maximum atomic E-state index is 12.1. The molecule has 0 amide bonds. The number of hydrogen-bond donors (Lipinski definition) is 0. The van der Waals surface area contributed by atoms with E-state index in [9.17, 15) is 4.79 Å². The Kier molecular flexibility index (Phi) is 3.28. The highest BCUT2D eigenvalue weighted by atomic mass is 35.5. The van der Waals surface area contributed by atoms with Crippen LogP contribution in [0.1, 0.15) is 11.1 Å². The normalized spacial score (nSPS) is 15.1. The van der Waals surface area contributed by atoms with Crippen LogP contribution in [0.2, 0.25) is 5.02 Å². The minimum absolute atomic E-state index is 0.337. The average Bonchev–Trinajstić information content (AvgIpc) is 2.83. The van der Waals surface area contributed by atoms with E-state index in [1.807, 2.05) is 0 Å². The number of oxazole rings is 1. The number of fused-ring (bicyclic) bond motifs is 2. The molecule has 2 heterocycles. The van der Waals surface area contributed by atoms with Crippen LogP contribution >= 0.6 is 11.6 Å².